The minimum atomic E-state index is -4.70. The Labute approximate surface area is 232 Å². The number of amides is 2. The number of piperidine rings is 1. The highest BCUT2D eigenvalue weighted by Gasteiger charge is 2.33. The van der Waals surface area contributed by atoms with Gasteiger partial charge in [0, 0.05) is 26.2 Å². The molecule has 1 atom stereocenters. The van der Waals surface area contributed by atoms with E-state index in [2.05, 4.69) is 15.6 Å². The highest BCUT2D eigenvalue weighted by Crippen LogP contribution is 2.36. The highest BCUT2D eigenvalue weighted by atomic mass is 19.4. The first-order chi connectivity index (χ1) is 19.4. The van der Waals surface area contributed by atoms with Gasteiger partial charge in [0.25, 0.3) is 11.8 Å². The lowest BCUT2D eigenvalue weighted by atomic mass is 10.0. The summed E-state index contributed by atoms with van der Waals surface area (Å²) in [6.45, 7) is 0.445. The fourth-order valence-electron chi connectivity index (χ4n) is 4.83. The maximum Gasteiger partial charge on any atom is 0.422 e. The summed E-state index contributed by atoms with van der Waals surface area (Å²) in [5.41, 5.74) is 0.251. The summed E-state index contributed by atoms with van der Waals surface area (Å²) >= 11 is 0. The Morgan fingerprint density at radius 1 is 1.20 bits per heavy atom. The van der Waals surface area contributed by atoms with Gasteiger partial charge in [-0.05, 0) is 37.5 Å². The van der Waals surface area contributed by atoms with Crippen LogP contribution in [0.2, 0.25) is 0 Å². The van der Waals surface area contributed by atoms with Crippen molar-refractivity contribution in [2.24, 2.45) is 7.05 Å². The molecule has 1 unspecified atom stereocenters. The van der Waals surface area contributed by atoms with Crippen LogP contribution in [0, 0.1) is 5.82 Å². The van der Waals surface area contributed by atoms with Gasteiger partial charge in [-0.1, -0.05) is 19.1 Å². The number of aliphatic hydroxyl groups is 2. The number of benzene rings is 1. The van der Waals surface area contributed by atoms with Crippen molar-refractivity contribution < 1.29 is 42.1 Å². The topological polar surface area (TPSA) is 129 Å². The van der Waals surface area contributed by atoms with Crippen molar-refractivity contribution in [3.63, 3.8) is 0 Å². The van der Waals surface area contributed by atoms with Crippen molar-refractivity contribution in [2.75, 3.05) is 31.6 Å². The van der Waals surface area contributed by atoms with Gasteiger partial charge in [-0.3, -0.25) is 14.5 Å². The van der Waals surface area contributed by atoms with Gasteiger partial charge in [-0.15, -0.1) is 0 Å². The first kappa shape index (κ1) is 30.2. The standard InChI is InChI=1S/C27H31F4N5O5/c1-3-19-20(34-25(39)16-6-4-5-7-18(16)28)12-17-23(41-14-27(29,30)31)22(35(2)24(17)33-19)26(40)32-15-8-10-36(11-9-15)21(38)13-37/h4-7,12,15,21,37-38H,3,8-11,13-14H2,1-2H3,(H,32,40)(H,34,39). The number of hydrogen-bond acceptors (Lipinski definition) is 7. The number of pyridine rings is 1. The van der Waals surface area contributed by atoms with Gasteiger partial charge in [0.2, 0.25) is 0 Å². The number of anilines is 1. The smallest absolute Gasteiger partial charge is 0.422 e. The van der Waals surface area contributed by atoms with Gasteiger partial charge in [-0.2, -0.15) is 13.2 Å². The molecule has 1 aliphatic heterocycles. The van der Waals surface area contributed by atoms with E-state index < -0.39 is 43.2 Å². The second-order valence-corrected chi connectivity index (χ2v) is 9.73. The minimum absolute atomic E-state index is 0.0591. The number of ether oxygens (including phenoxy) is 1. The summed E-state index contributed by atoms with van der Waals surface area (Å²) in [7, 11) is 1.47. The van der Waals surface area contributed by atoms with E-state index in [-0.39, 0.29) is 39.8 Å². The van der Waals surface area contributed by atoms with Crippen molar-refractivity contribution >= 4 is 28.5 Å². The maximum atomic E-state index is 14.2. The number of rotatable bonds is 9. The number of hydrogen-bond donors (Lipinski definition) is 4. The number of likely N-dealkylation sites (tertiary alicyclic amines) is 1. The lowest BCUT2D eigenvalue weighted by molar-refractivity contribution is -0.153. The zero-order valence-electron chi connectivity index (χ0n) is 22.5. The Bertz CT molecular complexity index is 1420. The van der Waals surface area contributed by atoms with E-state index in [9.17, 15) is 32.3 Å². The normalized spacial score (nSPS) is 15.6. The van der Waals surface area contributed by atoms with Gasteiger partial charge in [-0.25, -0.2) is 9.37 Å². The maximum absolute atomic E-state index is 14.2. The third-order valence-corrected chi connectivity index (χ3v) is 6.94. The molecule has 0 bridgehead atoms. The number of aryl methyl sites for hydroxylation is 2. The number of aliphatic hydroxyl groups excluding tert-OH is 2. The third-order valence-electron chi connectivity index (χ3n) is 6.94. The summed E-state index contributed by atoms with van der Waals surface area (Å²) in [6.07, 6.45) is -4.52. The Balaban J connectivity index is 1.69. The summed E-state index contributed by atoms with van der Waals surface area (Å²) < 4.78 is 60.3. The number of nitrogens with zero attached hydrogens (tertiary/aromatic N) is 3. The van der Waals surface area contributed by atoms with Crippen LogP contribution in [-0.2, 0) is 13.5 Å². The van der Waals surface area contributed by atoms with E-state index in [0.717, 1.165) is 6.07 Å². The number of halogens is 4. The van der Waals surface area contributed by atoms with Crippen molar-refractivity contribution in [2.45, 2.75) is 44.6 Å². The van der Waals surface area contributed by atoms with Crippen LogP contribution in [0.1, 0.15) is 46.3 Å². The fourth-order valence-corrected chi connectivity index (χ4v) is 4.83. The quantitative estimate of drug-likeness (QED) is 0.286. The first-order valence-electron chi connectivity index (χ1n) is 13.0. The van der Waals surface area contributed by atoms with Gasteiger partial charge in [0.1, 0.15) is 17.7 Å². The molecule has 1 saturated heterocycles. The molecule has 2 aromatic heterocycles. The molecule has 2 amide bonds. The average Bonchev–Trinajstić information content (AvgIpc) is 3.21. The van der Waals surface area contributed by atoms with Gasteiger partial charge in [0.15, 0.2) is 18.1 Å². The largest absolute Gasteiger partial charge is 0.481 e. The molecule has 0 spiro atoms. The number of alkyl halides is 3. The third kappa shape index (κ3) is 6.77. The van der Waals surface area contributed by atoms with E-state index in [1.807, 2.05) is 0 Å². The highest BCUT2D eigenvalue weighted by molar-refractivity contribution is 6.07. The van der Waals surface area contributed by atoms with E-state index in [4.69, 9.17) is 9.84 Å². The predicted octanol–water partition coefficient (Wildman–Crippen LogP) is 2.97. The molecule has 3 aromatic rings. The van der Waals surface area contributed by atoms with Crippen LogP contribution in [0.15, 0.2) is 30.3 Å². The van der Waals surface area contributed by atoms with E-state index >= 15 is 0 Å². The zero-order valence-corrected chi connectivity index (χ0v) is 22.5. The summed E-state index contributed by atoms with van der Waals surface area (Å²) in [5.74, 6) is -2.56. The van der Waals surface area contributed by atoms with Crippen LogP contribution in [0.4, 0.5) is 23.2 Å². The van der Waals surface area contributed by atoms with Gasteiger partial charge in [0.05, 0.1) is 28.9 Å². The van der Waals surface area contributed by atoms with Crippen LogP contribution >= 0.6 is 0 Å². The number of carbonyl (C=O) groups is 2. The number of carbonyl (C=O) groups excluding carboxylic acids is 2. The molecule has 10 nitrogen and oxygen atoms in total. The number of aromatic nitrogens is 2. The molecule has 41 heavy (non-hydrogen) atoms. The van der Waals surface area contributed by atoms with E-state index in [1.54, 1.807) is 11.8 Å². The second-order valence-electron chi connectivity index (χ2n) is 9.73. The molecule has 14 heteroatoms. The van der Waals surface area contributed by atoms with Crippen LogP contribution in [0.5, 0.6) is 5.75 Å². The Kier molecular flexibility index (Phi) is 9.14. The predicted molar refractivity (Wildman–Crippen MR) is 141 cm³/mol. The Hall–Kier alpha value is -3.75. The van der Waals surface area contributed by atoms with Crippen molar-refractivity contribution in [3.8, 4) is 5.75 Å². The summed E-state index contributed by atoms with van der Waals surface area (Å²) in [5, 5.41) is 24.4. The zero-order chi connectivity index (χ0) is 29.9. The first-order valence-corrected chi connectivity index (χ1v) is 13.0. The molecule has 4 rings (SSSR count). The lowest BCUT2D eigenvalue weighted by Crippen LogP contribution is -2.49. The lowest BCUT2D eigenvalue weighted by Gasteiger charge is -2.34. The van der Waals surface area contributed by atoms with Gasteiger partial charge < -0.3 is 30.2 Å². The van der Waals surface area contributed by atoms with Crippen molar-refractivity contribution in [1.82, 2.24) is 19.8 Å². The Morgan fingerprint density at radius 3 is 2.49 bits per heavy atom. The van der Waals surface area contributed by atoms with Crippen molar-refractivity contribution in [3.05, 3.63) is 53.1 Å². The van der Waals surface area contributed by atoms with Crippen LogP contribution in [0.25, 0.3) is 11.0 Å². The van der Waals surface area contributed by atoms with Crippen LogP contribution < -0.4 is 15.4 Å². The molecular weight excluding hydrogens is 550 g/mol. The van der Waals surface area contributed by atoms with Crippen LogP contribution in [0.3, 0.4) is 0 Å². The molecule has 1 aromatic carbocycles. The summed E-state index contributed by atoms with van der Waals surface area (Å²) in [6, 6.07) is 6.37. The second kappa shape index (κ2) is 12.4. The molecule has 0 radical (unpaired) electrons. The molecule has 4 N–H and O–H groups in total. The van der Waals surface area contributed by atoms with Crippen LogP contribution in [-0.4, -0.2) is 81.2 Å². The molecule has 0 aliphatic carbocycles. The monoisotopic (exact) mass is 581 g/mol. The van der Waals surface area contributed by atoms with Crippen molar-refractivity contribution in [1.29, 1.82) is 0 Å². The number of fused-ring (bicyclic) bond motifs is 1. The molecule has 0 saturated carbocycles. The summed E-state index contributed by atoms with van der Waals surface area (Å²) in [4.78, 5) is 32.4. The molecule has 222 valence electrons. The van der Waals surface area contributed by atoms with Gasteiger partial charge >= 0.3 is 6.18 Å². The number of nitrogens with one attached hydrogen (secondary N) is 2. The Morgan fingerprint density at radius 2 is 1.88 bits per heavy atom. The fraction of sp³-hybridized carbons (Fsp3) is 0.444. The molecule has 1 fully saturated rings. The molecule has 1 aliphatic rings. The molecular formula is C27H31F4N5O5. The van der Waals surface area contributed by atoms with E-state index in [1.165, 1.54) is 35.9 Å². The SMILES string of the molecule is CCc1nc2c(cc1NC(=O)c1ccccc1F)c(OCC(F)(F)F)c(C(=O)NC1CCN(C(O)CO)CC1)n2C. The molecule has 3 heterocycles. The van der Waals surface area contributed by atoms with E-state index in [0.29, 0.717) is 38.0 Å². The average molecular weight is 582 g/mol. The minimum Gasteiger partial charge on any atom is -0.481 e.